The summed E-state index contributed by atoms with van der Waals surface area (Å²) < 4.78 is 6.73. The molecule has 0 radical (unpaired) electrons. The number of benzene rings is 11. The van der Waals surface area contributed by atoms with E-state index in [-0.39, 0.29) is 0 Å². The molecule has 0 unspecified atom stereocenters. The van der Waals surface area contributed by atoms with Gasteiger partial charge in [0.2, 0.25) is 0 Å². The van der Waals surface area contributed by atoms with Crippen LogP contribution in [0.15, 0.2) is 259 Å². The molecule has 3 heteroatoms. The Bertz CT molecular complexity index is 3840. The summed E-state index contributed by atoms with van der Waals surface area (Å²) in [6.07, 6.45) is 0. The Balaban J connectivity index is 1.01. The van der Waals surface area contributed by atoms with Crippen molar-refractivity contribution >= 4 is 39.6 Å². The first kappa shape index (κ1) is 38.7. The highest BCUT2D eigenvalue weighted by Crippen LogP contribution is 2.66. The van der Waals surface area contributed by atoms with Gasteiger partial charge in [0.1, 0.15) is 11.5 Å². The summed E-state index contributed by atoms with van der Waals surface area (Å²) in [5.41, 5.74) is 19.9. The summed E-state index contributed by atoms with van der Waals surface area (Å²) in [4.78, 5) is 5.13. The molecule has 0 saturated carbocycles. The lowest BCUT2D eigenvalue weighted by Gasteiger charge is -2.39. The van der Waals surface area contributed by atoms with E-state index >= 15 is 0 Å². The minimum absolute atomic E-state index is 0.462. The first-order valence-corrected chi connectivity index (χ1v) is 24.6. The molecule has 0 bridgehead atoms. The van der Waals surface area contributed by atoms with E-state index in [0.29, 0.717) is 0 Å². The Morgan fingerprint density at radius 2 is 0.812 bits per heavy atom. The van der Waals surface area contributed by atoms with Crippen LogP contribution < -0.4 is 9.64 Å². The smallest absolute Gasteiger partial charge is 0.132 e. The van der Waals surface area contributed by atoms with Crippen LogP contribution in [-0.4, -0.2) is 0 Å². The summed E-state index contributed by atoms with van der Waals surface area (Å²) in [5, 5.41) is 2.46. The van der Waals surface area contributed by atoms with E-state index in [0.717, 1.165) is 39.7 Å². The van der Waals surface area contributed by atoms with Crippen LogP contribution in [-0.2, 0) is 10.8 Å². The highest BCUT2D eigenvalue weighted by Gasteiger charge is 2.53. The molecule has 15 rings (SSSR count). The molecule has 2 aliphatic carbocycles. The Morgan fingerprint density at radius 1 is 0.333 bits per heavy atom. The van der Waals surface area contributed by atoms with Crippen molar-refractivity contribution in [2.75, 3.05) is 4.90 Å². The zero-order valence-electron chi connectivity index (χ0n) is 37.4. The van der Waals surface area contributed by atoms with Crippen molar-refractivity contribution in [3.8, 4) is 44.9 Å². The van der Waals surface area contributed by atoms with E-state index in [1.54, 1.807) is 0 Å². The van der Waals surface area contributed by atoms with Crippen molar-refractivity contribution in [1.29, 1.82) is 0 Å². The third kappa shape index (κ3) is 5.17. The summed E-state index contributed by atoms with van der Waals surface area (Å²) in [6, 6.07) is 92.3. The number of nitrogens with zero attached hydrogens (tertiary/aromatic N) is 1. The van der Waals surface area contributed by atoms with Crippen molar-refractivity contribution in [2.24, 2.45) is 0 Å². The van der Waals surface area contributed by atoms with Crippen molar-refractivity contribution < 1.29 is 4.74 Å². The molecule has 11 aromatic carbocycles. The number of ether oxygens (including phenoxy) is 1. The highest BCUT2D eigenvalue weighted by atomic mass is 32.2. The number of para-hydroxylation sites is 2. The van der Waals surface area contributed by atoms with Gasteiger partial charge in [0.05, 0.1) is 16.5 Å². The molecule has 0 saturated heterocycles. The van der Waals surface area contributed by atoms with Gasteiger partial charge in [0, 0.05) is 37.9 Å². The van der Waals surface area contributed by atoms with Crippen molar-refractivity contribution in [3.05, 3.63) is 293 Å². The first-order valence-electron chi connectivity index (χ1n) is 23.8. The van der Waals surface area contributed by atoms with E-state index in [1.165, 1.54) is 87.3 Å². The minimum atomic E-state index is -0.594. The number of rotatable bonds is 4. The van der Waals surface area contributed by atoms with Crippen LogP contribution in [0.5, 0.6) is 11.5 Å². The molecule has 69 heavy (non-hydrogen) atoms. The highest BCUT2D eigenvalue weighted by molar-refractivity contribution is 7.99. The van der Waals surface area contributed by atoms with Gasteiger partial charge in [-0.1, -0.05) is 206 Å². The van der Waals surface area contributed by atoms with Crippen LogP contribution in [0.1, 0.15) is 44.5 Å². The average molecular weight is 896 g/mol. The fraction of sp³-hybridized carbons (Fsp3) is 0.0303. The lowest BCUT2D eigenvalue weighted by molar-refractivity contribution is 0.436. The SMILES string of the molecule is c1ccc(-c2ccc(N(c3ccc4ccc5c(c4c3)-c3ccccc3C53c4ccccc4Sc4ccccc43)c3cccc4c3-c3ccccc3C43c4ccccc4Oc4ccccc43)cc2)cc1. The largest absolute Gasteiger partial charge is 0.457 e. The van der Waals surface area contributed by atoms with Gasteiger partial charge in [-0.25, -0.2) is 0 Å². The van der Waals surface area contributed by atoms with E-state index in [2.05, 4.69) is 254 Å². The average Bonchev–Trinajstić information content (AvgIpc) is 3.88. The van der Waals surface area contributed by atoms with Gasteiger partial charge in [-0.3, -0.25) is 0 Å². The normalized spacial score (nSPS) is 14.4. The van der Waals surface area contributed by atoms with Gasteiger partial charge in [-0.2, -0.15) is 0 Å². The van der Waals surface area contributed by atoms with Crippen molar-refractivity contribution in [3.63, 3.8) is 0 Å². The van der Waals surface area contributed by atoms with Gasteiger partial charge in [0.25, 0.3) is 0 Å². The molecule has 2 nitrogen and oxygen atoms in total. The first-order chi connectivity index (χ1) is 34.2. The summed E-state index contributed by atoms with van der Waals surface area (Å²) in [7, 11) is 0. The fourth-order valence-electron chi connectivity index (χ4n) is 12.7. The van der Waals surface area contributed by atoms with Gasteiger partial charge in [-0.15, -0.1) is 0 Å². The third-order valence-electron chi connectivity index (χ3n) is 15.4. The second kappa shape index (κ2) is 14.6. The maximum atomic E-state index is 6.73. The molecular formula is C66H41NOS. The lowest BCUT2D eigenvalue weighted by atomic mass is 9.66. The second-order valence-electron chi connectivity index (χ2n) is 18.6. The van der Waals surface area contributed by atoms with E-state index in [1.807, 2.05) is 11.8 Å². The van der Waals surface area contributed by atoms with E-state index in [4.69, 9.17) is 4.74 Å². The van der Waals surface area contributed by atoms with Crippen molar-refractivity contribution in [2.45, 2.75) is 20.6 Å². The topological polar surface area (TPSA) is 12.5 Å². The molecule has 2 spiro atoms. The number of hydrogen-bond donors (Lipinski definition) is 0. The maximum absolute atomic E-state index is 6.73. The number of anilines is 3. The van der Waals surface area contributed by atoms with Gasteiger partial charge in [-0.05, 0) is 127 Å². The van der Waals surface area contributed by atoms with E-state index < -0.39 is 10.8 Å². The molecule has 4 aliphatic rings. The van der Waals surface area contributed by atoms with Gasteiger partial charge in [0.15, 0.2) is 0 Å². The quantitative estimate of drug-likeness (QED) is 0.175. The molecule has 2 heterocycles. The van der Waals surface area contributed by atoms with E-state index in [9.17, 15) is 0 Å². The van der Waals surface area contributed by atoms with Crippen LogP contribution in [0.2, 0.25) is 0 Å². The number of fused-ring (bicyclic) bond motifs is 20. The van der Waals surface area contributed by atoms with Crippen LogP contribution in [0.25, 0.3) is 44.2 Å². The molecule has 2 aliphatic heterocycles. The standard InChI is InChI=1S/C66H41NOS/c1-2-17-42(18-3-1)43-33-37-45(38-34-43)67(58-28-16-27-56-64(58)48-20-5-7-22-51(48)65(56)52-23-8-12-29-59(52)68-60-30-13-9-24-53(60)65)46-39-35-44-36-40-57-63(49(44)41-46)47-19-4-6-21-50(47)66(57)54-25-10-14-31-61(54)69-62-32-15-11-26-55(62)66/h1-41H. The Labute approximate surface area is 405 Å². The monoisotopic (exact) mass is 895 g/mol. The van der Waals surface area contributed by atoms with Gasteiger partial charge >= 0.3 is 0 Å². The lowest BCUT2D eigenvalue weighted by Crippen LogP contribution is -2.32. The number of hydrogen-bond acceptors (Lipinski definition) is 3. The maximum Gasteiger partial charge on any atom is 0.132 e. The zero-order valence-corrected chi connectivity index (χ0v) is 38.3. The predicted molar refractivity (Wildman–Crippen MR) is 283 cm³/mol. The molecule has 0 fully saturated rings. The zero-order chi connectivity index (χ0) is 45.3. The molecule has 0 aromatic heterocycles. The van der Waals surface area contributed by atoms with Crippen LogP contribution in [0.3, 0.4) is 0 Å². The molecule has 322 valence electrons. The molecule has 11 aromatic rings. The molecule has 0 amide bonds. The summed E-state index contributed by atoms with van der Waals surface area (Å²) in [6.45, 7) is 0. The Morgan fingerprint density at radius 3 is 1.48 bits per heavy atom. The summed E-state index contributed by atoms with van der Waals surface area (Å²) in [5.74, 6) is 1.78. The van der Waals surface area contributed by atoms with Crippen LogP contribution in [0, 0.1) is 0 Å². The minimum Gasteiger partial charge on any atom is -0.457 e. The Hall–Kier alpha value is -8.37. The van der Waals surface area contributed by atoms with Crippen molar-refractivity contribution in [1.82, 2.24) is 0 Å². The molecule has 0 atom stereocenters. The van der Waals surface area contributed by atoms with Gasteiger partial charge < -0.3 is 9.64 Å². The Kier molecular flexibility index (Phi) is 8.17. The predicted octanol–water partition coefficient (Wildman–Crippen LogP) is 17.3. The fourth-order valence-corrected chi connectivity index (χ4v) is 13.9. The molecular weight excluding hydrogens is 855 g/mol. The third-order valence-corrected chi connectivity index (χ3v) is 16.5. The van der Waals surface area contributed by atoms with Crippen LogP contribution in [0.4, 0.5) is 17.1 Å². The molecule has 0 N–H and O–H groups in total. The summed E-state index contributed by atoms with van der Waals surface area (Å²) >= 11 is 1.89. The second-order valence-corrected chi connectivity index (χ2v) is 19.7. The van der Waals surface area contributed by atoms with Crippen LogP contribution >= 0.6 is 11.8 Å².